The van der Waals surface area contributed by atoms with Gasteiger partial charge in [0.25, 0.3) is 0 Å². The van der Waals surface area contributed by atoms with E-state index in [-0.39, 0.29) is 44.6 Å². The van der Waals surface area contributed by atoms with Gasteiger partial charge in [0.05, 0.1) is 6.33 Å². The number of nitrogens with one attached hydrogen (secondary N) is 1. The van der Waals surface area contributed by atoms with Crippen molar-refractivity contribution in [1.29, 1.82) is 0 Å². The molecule has 1 amide bonds. The Labute approximate surface area is 197 Å². The van der Waals surface area contributed by atoms with E-state index >= 15 is 0 Å². The molecular formula is C25H32F4N2O3. The zero-order valence-electron chi connectivity index (χ0n) is 19.2. The van der Waals surface area contributed by atoms with Gasteiger partial charge in [-0.2, -0.15) is 13.2 Å². The number of rotatable bonds is 7. The topological polar surface area (TPSA) is 73.6 Å². The number of amides is 1. The standard InChI is InChI=1S/C25H32F4N2O3/c26-15-18(16-30)17-34-20-3-1-19(2-4-20)22-5-8-23(9-6-22,10-7-22)21(32)31-24(25(27,28)29)11-13-33-14-12-24/h1-4,15H,5-14,16-17,30H2,(H,31,32)/b18-15+. The maximum Gasteiger partial charge on any atom is 0.411 e. The lowest BCUT2D eigenvalue weighted by Crippen LogP contribution is -2.65. The smallest absolute Gasteiger partial charge is 0.411 e. The summed E-state index contributed by atoms with van der Waals surface area (Å²) >= 11 is 0. The van der Waals surface area contributed by atoms with Crippen molar-refractivity contribution in [3.8, 4) is 5.75 Å². The summed E-state index contributed by atoms with van der Waals surface area (Å²) in [6, 6.07) is 7.68. The molecule has 1 heterocycles. The zero-order valence-corrected chi connectivity index (χ0v) is 19.2. The third kappa shape index (κ3) is 4.56. The van der Waals surface area contributed by atoms with Crippen molar-refractivity contribution < 1.29 is 31.8 Å². The molecule has 5 nitrogen and oxygen atoms in total. The Morgan fingerprint density at radius 1 is 1.03 bits per heavy atom. The second kappa shape index (κ2) is 9.49. The number of hydrogen-bond donors (Lipinski definition) is 2. The number of hydrogen-bond acceptors (Lipinski definition) is 4. The zero-order chi connectivity index (χ0) is 24.5. The predicted molar refractivity (Wildman–Crippen MR) is 119 cm³/mol. The molecule has 34 heavy (non-hydrogen) atoms. The summed E-state index contributed by atoms with van der Waals surface area (Å²) in [6.07, 6.45) is -0.563. The quantitative estimate of drug-likeness (QED) is 0.551. The van der Waals surface area contributed by atoms with Gasteiger partial charge in [-0.15, -0.1) is 0 Å². The van der Waals surface area contributed by atoms with Gasteiger partial charge in [0.2, 0.25) is 5.91 Å². The summed E-state index contributed by atoms with van der Waals surface area (Å²) < 4.78 is 65.1. The van der Waals surface area contributed by atoms with Crippen molar-refractivity contribution in [3.63, 3.8) is 0 Å². The number of benzene rings is 1. The van der Waals surface area contributed by atoms with Gasteiger partial charge in [-0.1, -0.05) is 12.1 Å². The minimum atomic E-state index is -4.51. The third-order valence-corrected chi connectivity index (χ3v) is 8.28. The van der Waals surface area contributed by atoms with E-state index in [1.165, 1.54) is 0 Å². The fraction of sp³-hybridized carbons (Fsp3) is 0.640. The molecule has 3 saturated carbocycles. The first-order chi connectivity index (χ1) is 16.2. The van der Waals surface area contributed by atoms with Crippen molar-refractivity contribution in [3.05, 3.63) is 41.7 Å². The summed E-state index contributed by atoms with van der Waals surface area (Å²) in [7, 11) is 0. The first-order valence-electron chi connectivity index (χ1n) is 11.9. The number of carbonyl (C=O) groups excluding carboxylic acids is 1. The highest BCUT2D eigenvalue weighted by atomic mass is 19.4. The molecule has 4 fully saturated rings. The van der Waals surface area contributed by atoms with E-state index < -0.39 is 23.0 Å². The molecule has 0 radical (unpaired) electrons. The van der Waals surface area contributed by atoms with E-state index in [0.717, 1.165) is 24.8 Å². The first kappa shape index (κ1) is 25.0. The van der Waals surface area contributed by atoms with Gasteiger partial charge < -0.3 is 20.5 Å². The average Bonchev–Trinajstić information content (AvgIpc) is 2.86. The van der Waals surface area contributed by atoms with Crippen LogP contribution in [0.1, 0.15) is 56.9 Å². The summed E-state index contributed by atoms with van der Waals surface area (Å²) in [6.45, 7) is 0.159. The molecule has 2 bridgehead atoms. The van der Waals surface area contributed by atoms with Crippen LogP contribution in [0.5, 0.6) is 5.75 Å². The van der Waals surface area contributed by atoms with Crippen molar-refractivity contribution in [1.82, 2.24) is 5.32 Å². The number of alkyl halides is 3. The summed E-state index contributed by atoms with van der Waals surface area (Å²) in [5.41, 5.74) is 3.94. The Morgan fingerprint density at radius 2 is 1.62 bits per heavy atom. The van der Waals surface area contributed by atoms with Gasteiger partial charge in [0.15, 0.2) is 0 Å². The number of nitrogens with two attached hydrogens (primary N) is 1. The molecule has 1 aromatic carbocycles. The molecule has 1 saturated heterocycles. The Balaban J connectivity index is 1.41. The monoisotopic (exact) mass is 484 g/mol. The summed E-state index contributed by atoms with van der Waals surface area (Å²) in [5.74, 6) is 0.155. The number of carbonyl (C=O) groups is 1. The maximum absolute atomic E-state index is 13.9. The van der Waals surface area contributed by atoms with E-state index in [9.17, 15) is 22.4 Å². The highest BCUT2D eigenvalue weighted by Gasteiger charge is 2.59. The van der Waals surface area contributed by atoms with Crippen LogP contribution in [0.3, 0.4) is 0 Å². The van der Waals surface area contributed by atoms with Gasteiger partial charge >= 0.3 is 6.18 Å². The van der Waals surface area contributed by atoms with Gasteiger partial charge in [-0.05, 0) is 61.6 Å². The first-order valence-corrected chi connectivity index (χ1v) is 11.9. The van der Waals surface area contributed by atoms with Crippen molar-refractivity contribution in [2.24, 2.45) is 11.1 Å². The summed E-state index contributed by atoms with van der Waals surface area (Å²) in [4.78, 5) is 13.2. The maximum atomic E-state index is 13.9. The van der Waals surface area contributed by atoms with Crippen LogP contribution >= 0.6 is 0 Å². The molecule has 0 spiro atoms. The minimum Gasteiger partial charge on any atom is -0.489 e. The van der Waals surface area contributed by atoms with Gasteiger partial charge in [0, 0.05) is 43.6 Å². The van der Waals surface area contributed by atoms with Crippen LogP contribution < -0.4 is 15.8 Å². The van der Waals surface area contributed by atoms with Crippen molar-refractivity contribution in [2.75, 3.05) is 26.4 Å². The second-order valence-electron chi connectivity index (χ2n) is 9.99. The second-order valence-corrected chi connectivity index (χ2v) is 9.99. The minimum absolute atomic E-state index is 0.00674. The normalized spacial score (nSPS) is 29.0. The third-order valence-electron chi connectivity index (χ3n) is 8.28. The Kier molecular flexibility index (Phi) is 6.97. The Morgan fingerprint density at radius 3 is 2.12 bits per heavy atom. The van der Waals surface area contributed by atoms with Gasteiger partial charge in [-0.25, -0.2) is 4.39 Å². The number of halogens is 4. The molecule has 4 aliphatic rings. The predicted octanol–water partition coefficient (Wildman–Crippen LogP) is 4.70. The molecular weight excluding hydrogens is 452 g/mol. The van der Waals surface area contributed by atoms with Crippen LogP contribution in [-0.2, 0) is 14.9 Å². The molecule has 9 heteroatoms. The Hall–Kier alpha value is -2.13. The van der Waals surface area contributed by atoms with Crippen molar-refractivity contribution >= 4 is 5.91 Å². The fourth-order valence-electron chi connectivity index (χ4n) is 5.72. The highest BCUT2D eigenvalue weighted by molar-refractivity contribution is 5.84. The van der Waals surface area contributed by atoms with E-state index in [2.05, 4.69) is 5.32 Å². The SMILES string of the molecule is NC/C(=C\F)COc1ccc(C23CCC(C(=O)NC4(C(F)(F)F)CCOCC4)(CC2)CC3)cc1. The molecule has 188 valence electrons. The molecule has 1 aromatic rings. The van der Waals surface area contributed by atoms with E-state index in [1.807, 2.05) is 24.3 Å². The number of fused-ring (bicyclic) bond motifs is 3. The molecule has 5 rings (SSSR count). The van der Waals surface area contributed by atoms with Crippen LogP contribution in [-0.4, -0.2) is 44.0 Å². The Bertz CT molecular complexity index is 883. The lowest BCUT2D eigenvalue weighted by Gasteiger charge is -2.54. The van der Waals surface area contributed by atoms with Crippen LogP contribution in [0.4, 0.5) is 17.6 Å². The molecule has 0 unspecified atom stereocenters. The molecule has 3 N–H and O–H groups in total. The highest BCUT2D eigenvalue weighted by Crippen LogP contribution is 2.58. The summed E-state index contributed by atoms with van der Waals surface area (Å²) in [5, 5.41) is 2.45. The average molecular weight is 485 g/mol. The van der Waals surface area contributed by atoms with E-state index in [0.29, 0.717) is 36.9 Å². The fourth-order valence-corrected chi connectivity index (χ4v) is 5.72. The van der Waals surface area contributed by atoms with Crippen molar-refractivity contribution in [2.45, 2.75) is 68.5 Å². The molecule has 0 atom stereocenters. The molecule has 3 aliphatic carbocycles. The van der Waals surface area contributed by atoms with Gasteiger partial charge in [0.1, 0.15) is 17.9 Å². The van der Waals surface area contributed by atoms with Crippen LogP contribution in [0.15, 0.2) is 36.2 Å². The van der Waals surface area contributed by atoms with E-state index in [1.54, 1.807) is 0 Å². The lowest BCUT2D eigenvalue weighted by molar-refractivity contribution is -0.219. The van der Waals surface area contributed by atoms with Crippen LogP contribution in [0.2, 0.25) is 0 Å². The largest absolute Gasteiger partial charge is 0.489 e. The molecule has 0 aromatic heterocycles. The number of ether oxygens (including phenoxy) is 2. The molecule has 1 aliphatic heterocycles. The van der Waals surface area contributed by atoms with Gasteiger partial charge in [-0.3, -0.25) is 4.79 Å². The van der Waals surface area contributed by atoms with E-state index in [4.69, 9.17) is 15.2 Å². The van der Waals surface area contributed by atoms with Crippen LogP contribution in [0, 0.1) is 5.41 Å². The lowest BCUT2D eigenvalue weighted by atomic mass is 9.51. The van der Waals surface area contributed by atoms with Crippen LogP contribution in [0.25, 0.3) is 0 Å².